The lowest BCUT2D eigenvalue weighted by Gasteiger charge is -2.28. The summed E-state index contributed by atoms with van der Waals surface area (Å²) in [6.07, 6.45) is 0. The molecule has 0 bridgehead atoms. The Balaban J connectivity index is 1.17. The number of thiophene rings is 1. The number of furan rings is 1. The Kier molecular flexibility index (Phi) is 7.39. The molecule has 0 N–H and O–H groups in total. The van der Waals surface area contributed by atoms with Crippen molar-refractivity contribution in [3.05, 3.63) is 200 Å². The van der Waals surface area contributed by atoms with E-state index in [2.05, 4.69) is 193 Å². The number of anilines is 3. The molecule has 0 atom stereocenters. The van der Waals surface area contributed by atoms with Crippen LogP contribution in [0.25, 0.3) is 86.3 Å². The second-order valence-corrected chi connectivity index (χ2v) is 15.1. The van der Waals surface area contributed by atoms with Gasteiger partial charge < -0.3 is 9.32 Å². The van der Waals surface area contributed by atoms with Crippen LogP contribution in [0, 0.1) is 0 Å². The normalized spacial score (nSPS) is 11.6. The molecule has 0 aliphatic heterocycles. The minimum atomic E-state index is 0.866. The van der Waals surface area contributed by atoms with Gasteiger partial charge >= 0.3 is 0 Å². The molecule has 11 aromatic rings. The van der Waals surface area contributed by atoms with Gasteiger partial charge in [0, 0.05) is 53.9 Å². The van der Waals surface area contributed by atoms with E-state index in [-0.39, 0.29) is 0 Å². The number of hydrogen-bond donors (Lipinski definition) is 0. The van der Waals surface area contributed by atoms with Gasteiger partial charge in [-0.1, -0.05) is 140 Å². The van der Waals surface area contributed by atoms with Crippen LogP contribution in [0.3, 0.4) is 0 Å². The van der Waals surface area contributed by atoms with Gasteiger partial charge in [-0.2, -0.15) is 0 Å². The highest BCUT2D eigenvalue weighted by Gasteiger charge is 2.23. The molecular formula is C52H33NOS. The molecule has 0 saturated carbocycles. The van der Waals surface area contributed by atoms with Crippen LogP contribution in [0.5, 0.6) is 0 Å². The maximum absolute atomic E-state index is 6.47. The molecule has 0 unspecified atom stereocenters. The van der Waals surface area contributed by atoms with E-state index in [4.69, 9.17) is 4.42 Å². The SMILES string of the molecule is c1ccc(-c2ccc(N(c3ccc4c(c3)oc3ccccc34)c3ccccc3-c3ccc4sc5ccccc5c4c3-c3ccc4ccccc4c3)cc2)cc1. The van der Waals surface area contributed by atoms with Crippen LogP contribution in [-0.2, 0) is 0 Å². The van der Waals surface area contributed by atoms with Crippen molar-refractivity contribution in [2.24, 2.45) is 0 Å². The van der Waals surface area contributed by atoms with Crippen molar-refractivity contribution in [1.29, 1.82) is 0 Å². The predicted octanol–water partition coefficient (Wildman–Crippen LogP) is 15.6. The maximum Gasteiger partial charge on any atom is 0.137 e. The fourth-order valence-electron chi connectivity index (χ4n) is 8.30. The zero-order valence-electron chi connectivity index (χ0n) is 29.8. The predicted molar refractivity (Wildman–Crippen MR) is 235 cm³/mol. The van der Waals surface area contributed by atoms with Gasteiger partial charge in [0.1, 0.15) is 11.2 Å². The zero-order chi connectivity index (χ0) is 36.3. The summed E-state index contributed by atoms with van der Waals surface area (Å²) < 4.78 is 9.06. The summed E-state index contributed by atoms with van der Waals surface area (Å²) >= 11 is 1.86. The first-order chi connectivity index (χ1) is 27.3. The molecule has 2 aromatic heterocycles. The lowest BCUT2D eigenvalue weighted by atomic mass is 9.88. The highest BCUT2D eigenvalue weighted by Crippen LogP contribution is 2.49. The third kappa shape index (κ3) is 5.32. The molecule has 258 valence electrons. The number of para-hydroxylation sites is 2. The average molecular weight is 720 g/mol. The molecule has 0 radical (unpaired) electrons. The van der Waals surface area contributed by atoms with Crippen LogP contribution in [0.2, 0.25) is 0 Å². The summed E-state index contributed by atoms with van der Waals surface area (Å²) in [5, 5.41) is 7.29. The van der Waals surface area contributed by atoms with Gasteiger partial charge in [-0.05, 0) is 93.2 Å². The van der Waals surface area contributed by atoms with Gasteiger partial charge in [0.25, 0.3) is 0 Å². The molecule has 2 nitrogen and oxygen atoms in total. The van der Waals surface area contributed by atoms with Crippen molar-refractivity contribution in [3.63, 3.8) is 0 Å². The van der Waals surface area contributed by atoms with Crippen LogP contribution >= 0.6 is 11.3 Å². The Hall–Kier alpha value is -6.94. The summed E-state index contributed by atoms with van der Waals surface area (Å²) in [7, 11) is 0. The summed E-state index contributed by atoms with van der Waals surface area (Å²) in [4.78, 5) is 2.39. The summed E-state index contributed by atoms with van der Waals surface area (Å²) in [5.41, 5.74) is 12.1. The Morgan fingerprint density at radius 1 is 0.382 bits per heavy atom. The third-order valence-corrected chi connectivity index (χ3v) is 12.0. The van der Waals surface area contributed by atoms with Crippen molar-refractivity contribution in [2.75, 3.05) is 4.90 Å². The van der Waals surface area contributed by atoms with E-state index in [9.17, 15) is 0 Å². The molecule has 0 spiro atoms. The first-order valence-corrected chi connectivity index (χ1v) is 19.5. The van der Waals surface area contributed by atoms with Gasteiger partial charge in [-0.15, -0.1) is 11.3 Å². The minimum Gasteiger partial charge on any atom is -0.456 e. The molecule has 9 aromatic carbocycles. The quantitative estimate of drug-likeness (QED) is 0.170. The largest absolute Gasteiger partial charge is 0.456 e. The summed E-state index contributed by atoms with van der Waals surface area (Å²) in [6, 6.07) is 72.3. The molecule has 2 heterocycles. The van der Waals surface area contributed by atoms with Gasteiger partial charge in [-0.3, -0.25) is 0 Å². The summed E-state index contributed by atoms with van der Waals surface area (Å²) in [6.45, 7) is 0. The van der Waals surface area contributed by atoms with Crippen molar-refractivity contribution in [2.45, 2.75) is 0 Å². The van der Waals surface area contributed by atoms with Gasteiger partial charge in [0.05, 0.1) is 5.69 Å². The molecule has 0 aliphatic carbocycles. The third-order valence-electron chi connectivity index (χ3n) is 10.9. The van der Waals surface area contributed by atoms with Crippen molar-refractivity contribution >= 4 is 81.3 Å². The lowest BCUT2D eigenvalue weighted by Crippen LogP contribution is -2.11. The van der Waals surface area contributed by atoms with Crippen LogP contribution in [-0.4, -0.2) is 0 Å². The van der Waals surface area contributed by atoms with Gasteiger partial charge in [-0.25, -0.2) is 0 Å². The van der Waals surface area contributed by atoms with Crippen LogP contribution < -0.4 is 4.90 Å². The van der Waals surface area contributed by atoms with E-state index in [1.807, 2.05) is 23.5 Å². The fraction of sp³-hybridized carbons (Fsp3) is 0. The standard InChI is InChI=1S/C52H33NOS/c1-2-12-34(13-3-1)36-24-26-39(27-25-36)53(40-28-29-43-42-17-7-10-20-47(42)54-48(43)33-40)46-19-9-6-16-41(46)44-30-31-50-52(45-18-8-11-21-49(45)55-50)51(44)38-23-22-35-14-4-5-15-37(35)32-38/h1-33H. The second-order valence-electron chi connectivity index (χ2n) is 14.1. The lowest BCUT2D eigenvalue weighted by molar-refractivity contribution is 0.669. The van der Waals surface area contributed by atoms with Crippen LogP contribution in [0.4, 0.5) is 17.1 Å². The minimum absolute atomic E-state index is 0.866. The van der Waals surface area contributed by atoms with Crippen molar-refractivity contribution in [1.82, 2.24) is 0 Å². The van der Waals surface area contributed by atoms with E-state index in [0.717, 1.165) is 44.6 Å². The molecule has 0 aliphatic rings. The Labute approximate surface area is 322 Å². The monoisotopic (exact) mass is 719 g/mol. The maximum atomic E-state index is 6.47. The smallest absolute Gasteiger partial charge is 0.137 e. The Bertz CT molecular complexity index is 3210. The zero-order valence-corrected chi connectivity index (χ0v) is 30.6. The second kappa shape index (κ2) is 12.9. The van der Waals surface area contributed by atoms with E-state index in [0.29, 0.717) is 0 Å². The molecule has 0 amide bonds. The van der Waals surface area contributed by atoms with E-state index >= 15 is 0 Å². The molecule has 11 rings (SSSR count). The number of benzene rings is 9. The first-order valence-electron chi connectivity index (χ1n) is 18.7. The first kappa shape index (κ1) is 31.6. The highest BCUT2D eigenvalue weighted by atomic mass is 32.1. The van der Waals surface area contributed by atoms with E-state index in [1.165, 1.54) is 58.8 Å². The Morgan fingerprint density at radius 2 is 1.05 bits per heavy atom. The number of nitrogens with zero attached hydrogens (tertiary/aromatic N) is 1. The van der Waals surface area contributed by atoms with Crippen LogP contribution in [0.15, 0.2) is 205 Å². The number of rotatable bonds is 6. The summed E-state index contributed by atoms with van der Waals surface area (Å²) in [5.74, 6) is 0. The Morgan fingerprint density at radius 3 is 1.95 bits per heavy atom. The van der Waals surface area contributed by atoms with Crippen molar-refractivity contribution in [3.8, 4) is 33.4 Å². The molecular weight excluding hydrogens is 687 g/mol. The fourth-order valence-corrected chi connectivity index (χ4v) is 9.41. The molecule has 55 heavy (non-hydrogen) atoms. The molecule has 0 saturated heterocycles. The van der Waals surface area contributed by atoms with Crippen LogP contribution in [0.1, 0.15) is 0 Å². The number of hydrogen-bond acceptors (Lipinski definition) is 3. The van der Waals surface area contributed by atoms with Gasteiger partial charge in [0.2, 0.25) is 0 Å². The van der Waals surface area contributed by atoms with E-state index in [1.54, 1.807) is 0 Å². The van der Waals surface area contributed by atoms with Gasteiger partial charge in [0.15, 0.2) is 0 Å². The number of fused-ring (bicyclic) bond motifs is 7. The topological polar surface area (TPSA) is 16.4 Å². The average Bonchev–Trinajstić information content (AvgIpc) is 3.82. The molecule has 0 fully saturated rings. The molecule has 3 heteroatoms. The highest BCUT2D eigenvalue weighted by molar-refractivity contribution is 7.26. The van der Waals surface area contributed by atoms with E-state index < -0.39 is 0 Å². The van der Waals surface area contributed by atoms with Crippen molar-refractivity contribution < 1.29 is 4.42 Å².